The minimum atomic E-state index is -0.455. The average molecular weight is 298 g/mol. The Balaban J connectivity index is 2.14. The number of likely N-dealkylation sites (N-methyl/N-ethyl adjacent to an activating group) is 1. The number of para-hydroxylation sites is 1. The zero-order valence-corrected chi connectivity index (χ0v) is 12.6. The van der Waals surface area contributed by atoms with Crippen molar-refractivity contribution in [2.24, 2.45) is 0 Å². The van der Waals surface area contributed by atoms with Crippen LogP contribution in [0.3, 0.4) is 0 Å². The van der Waals surface area contributed by atoms with Crippen molar-refractivity contribution in [3.63, 3.8) is 0 Å². The normalized spacial score (nSPS) is 11.7. The van der Waals surface area contributed by atoms with E-state index in [-0.39, 0.29) is 24.1 Å². The topological polar surface area (TPSA) is 63.5 Å². The Morgan fingerprint density at radius 2 is 1.73 bits per heavy atom. The molecule has 2 rings (SSSR count). The van der Waals surface area contributed by atoms with Crippen molar-refractivity contribution < 1.29 is 9.72 Å². The standard InChI is InChI=1S/C17H18N2O3/c1-13(14-8-4-3-5-9-14)18(2)17(20)12-15-10-6-7-11-16(15)19(21)22/h3-11,13H,12H2,1-2H3/t13-/m0/s1. The first-order chi connectivity index (χ1) is 10.5. The third-order valence-electron chi connectivity index (χ3n) is 3.79. The van der Waals surface area contributed by atoms with Gasteiger partial charge in [0.25, 0.3) is 5.69 Å². The van der Waals surface area contributed by atoms with Crippen LogP contribution >= 0.6 is 0 Å². The van der Waals surface area contributed by atoms with Crippen molar-refractivity contribution in [1.29, 1.82) is 0 Å². The number of hydrogen-bond acceptors (Lipinski definition) is 3. The Labute approximate surface area is 129 Å². The van der Waals surface area contributed by atoms with Gasteiger partial charge in [-0.05, 0) is 12.5 Å². The van der Waals surface area contributed by atoms with E-state index in [0.717, 1.165) is 5.56 Å². The van der Waals surface area contributed by atoms with E-state index in [0.29, 0.717) is 5.56 Å². The lowest BCUT2D eigenvalue weighted by Gasteiger charge is -2.25. The van der Waals surface area contributed by atoms with Crippen molar-refractivity contribution in [1.82, 2.24) is 4.90 Å². The van der Waals surface area contributed by atoms with E-state index < -0.39 is 4.92 Å². The third kappa shape index (κ3) is 3.49. The maximum absolute atomic E-state index is 12.4. The van der Waals surface area contributed by atoms with Crippen molar-refractivity contribution in [2.75, 3.05) is 7.05 Å². The molecule has 2 aromatic rings. The van der Waals surface area contributed by atoms with Crippen LogP contribution in [0.1, 0.15) is 24.1 Å². The number of benzene rings is 2. The molecule has 1 atom stereocenters. The van der Waals surface area contributed by atoms with Gasteiger partial charge in [0, 0.05) is 18.7 Å². The molecule has 0 heterocycles. The fourth-order valence-electron chi connectivity index (χ4n) is 2.30. The molecule has 0 unspecified atom stereocenters. The first kappa shape index (κ1) is 15.7. The highest BCUT2D eigenvalue weighted by atomic mass is 16.6. The molecule has 0 fully saturated rings. The summed E-state index contributed by atoms with van der Waals surface area (Å²) in [4.78, 5) is 24.6. The van der Waals surface area contributed by atoms with Gasteiger partial charge in [0.15, 0.2) is 0 Å². The summed E-state index contributed by atoms with van der Waals surface area (Å²) in [7, 11) is 1.72. The Kier molecular flexibility index (Phi) is 4.88. The first-order valence-corrected chi connectivity index (χ1v) is 7.03. The van der Waals surface area contributed by atoms with E-state index in [1.54, 1.807) is 30.1 Å². The fraction of sp³-hybridized carbons (Fsp3) is 0.235. The second-order valence-corrected chi connectivity index (χ2v) is 5.15. The quantitative estimate of drug-likeness (QED) is 0.628. The van der Waals surface area contributed by atoms with Gasteiger partial charge in [-0.3, -0.25) is 14.9 Å². The van der Waals surface area contributed by atoms with E-state index in [1.807, 2.05) is 37.3 Å². The summed E-state index contributed by atoms with van der Waals surface area (Å²) in [6.07, 6.45) is 0.0187. The van der Waals surface area contributed by atoms with Gasteiger partial charge in [-0.2, -0.15) is 0 Å². The lowest BCUT2D eigenvalue weighted by molar-refractivity contribution is -0.385. The lowest BCUT2D eigenvalue weighted by Crippen LogP contribution is -2.31. The zero-order chi connectivity index (χ0) is 16.1. The van der Waals surface area contributed by atoms with Crippen molar-refractivity contribution >= 4 is 11.6 Å². The van der Waals surface area contributed by atoms with Gasteiger partial charge in [-0.1, -0.05) is 48.5 Å². The van der Waals surface area contributed by atoms with E-state index in [2.05, 4.69) is 0 Å². The van der Waals surface area contributed by atoms with Gasteiger partial charge in [0.2, 0.25) is 5.91 Å². The van der Waals surface area contributed by atoms with E-state index in [1.165, 1.54) is 6.07 Å². The first-order valence-electron chi connectivity index (χ1n) is 7.03. The van der Waals surface area contributed by atoms with Crippen LogP contribution in [0, 0.1) is 10.1 Å². The molecule has 5 nitrogen and oxygen atoms in total. The monoisotopic (exact) mass is 298 g/mol. The van der Waals surface area contributed by atoms with E-state index in [4.69, 9.17) is 0 Å². The molecular formula is C17H18N2O3. The number of carbonyl (C=O) groups excluding carboxylic acids is 1. The van der Waals surface area contributed by atoms with Gasteiger partial charge in [-0.25, -0.2) is 0 Å². The highest BCUT2D eigenvalue weighted by molar-refractivity contribution is 5.80. The Morgan fingerprint density at radius 3 is 2.36 bits per heavy atom. The summed E-state index contributed by atoms with van der Waals surface area (Å²) in [5, 5.41) is 11.0. The molecule has 2 aromatic carbocycles. The van der Waals surface area contributed by atoms with Gasteiger partial charge >= 0.3 is 0 Å². The molecule has 0 aliphatic rings. The molecule has 0 aromatic heterocycles. The van der Waals surface area contributed by atoms with E-state index >= 15 is 0 Å². The summed E-state index contributed by atoms with van der Waals surface area (Å²) in [6, 6.07) is 15.9. The number of rotatable bonds is 5. The maximum atomic E-state index is 12.4. The molecule has 5 heteroatoms. The molecular weight excluding hydrogens is 280 g/mol. The Bertz CT molecular complexity index is 671. The summed E-state index contributed by atoms with van der Waals surface area (Å²) in [5.74, 6) is -0.148. The highest BCUT2D eigenvalue weighted by Gasteiger charge is 2.21. The average Bonchev–Trinajstić information content (AvgIpc) is 2.54. The van der Waals surface area contributed by atoms with Crippen molar-refractivity contribution in [2.45, 2.75) is 19.4 Å². The summed E-state index contributed by atoms with van der Waals surface area (Å²) in [5.41, 5.74) is 1.45. The highest BCUT2D eigenvalue weighted by Crippen LogP contribution is 2.22. The van der Waals surface area contributed by atoms with Crippen LogP contribution in [-0.4, -0.2) is 22.8 Å². The molecule has 22 heavy (non-hydrogen) atoms. The Hall–Kier alpha value is -2.69. The number of nitrogens with zero attached hydrogens (tertiary/aromatic N) is 2. The molecule has 0 radical (unpaired) electrons. The molecule has 0 bridgehead atoms. The van der Waals surface area contributed by atoms with Gasteiger partial charge in [0.05, 0.1) is 17.4 Å². The minimum absolute atomic E-state index is 0.0170. The third-order valence-corrected chi connectivity index (χ3v) is 3.79. The summed E-state index contributed by atoms with van der Waals surface area (Å²) in [6.45, 7) is 1.94. The molecule has 1 amide bonds. The second kappa shape index (κ2) is 6.85. The van der Waals surface area contributed by atoms with Crippen LogP contribution in [0.5, 0.6) is 0 Å². The van der Waals surface area contributed by atoms with Crippen LogP contribution in [0.4, 0.5) is 5.69 Å². The van der Waals surface area contributed by atoms with Crippen LogP contribution in [0.2, 0.25) is 0 Å². The SMILES string of the molecule is C[C@@H](c1ccccc1)N(C)C(=O)Cc1ccccc1[N+](=O)[O-]. The van der Waals surface area contributed by atoms with Gasteiger partial charge in [-0.15, -0.1) is 0 Å². The van der Waals surface area contributed by atoms with Crippen LogP contribution in [0.25, 0.3) is 0 Å². The molecule has 114 valence electrons. The van der Waals surface area contributed by atoms with Crippen molar-refractivity contribution in [3.8, 4) is 0 Å². The van der Waals surface area contributed by atoms with E-state index in [9.17, 15) is 14.9 Å². The smallest absolute Gasteiger partial charge is 0.273 e. The van der Waals surface area contributed by atoms with Crippen molar-refractivity contribution in [3.05, 3.63) is 75.8 Å². The number of carbonyl (C=O) groups is 1. The Morgan fingerprint density at radius 1 is 1.14 bits per heavy atom. The minimum Gasteiger partial charge on any atom is -0.339 e. The molecule has 0 saturated carbocycles. The maximum Gasteiger partial charge on any atom is 0.273 e. The van der Waals surface area contributed by atoms with Crippen LogP contribution in [-0.2, 0) is 11.2 Å². The fourth-order valence-corrected chi connectivity index (χ4v) is 2.30. The number of hydrogen-bond donors (Lipinski definition) is 0. The number of amides is 1. The summed E-state index contributed by atoms with van der Waals surface area (Å²) >= 11 is 0. The largest absolute Gasteiger partial charge is 0.339 e. The predicted octanol–water partition coefficient (Wildman–Crippen LogP) is 3.36. The predicted molar refractivity (Wildman–Crippen MR) is 84.4 cm³/mol. The second-order valence-electron chi connectivity index (χ2n) is 5.15. The number of nitro groups is 1. The molecule has 0 aliphatic heterocycles. The lowest BCUT2D eigenvalue weighted by atomic mass is 10.1. The van der Waals surface area contributed by atoms with Crippen LogP contribution in [0.15, 0.2) is 54.6 Å². The molecule has 0 spiro atoms. The molecule has 0 N–H and O–H groups in total. The van der Waals surface area contributed by atoms with Gasteiger partial charge in [0.1, 0.15) is 0 Å². The molecule has 0 aliphatic carbocycles. The zero-order valence-electron chi connectivity index (χ0n) is 12.6. The number of nitro benzene ring substituents is 1. The summed E-state index contributed by atoms with van der Waals surface area (Å²) < 4.78 is 0. The van der Waals surface area contributed by atoms with Gasteiger partial charge < -0.3 is 4.90 Å². The molecule has 0 saturated heterocycles. The van der Waals surface area contributed by atoms with Crippen LogP contribution < -0.4 is 0 Å².